The number of rotatable bonds is 2. The number of carbonyl (C=O) groups is 1. The van der Waals surface area contributed by atoms with Crippen molar-refractivity contribution in [2.45, 2.75) is 45.2 Å². The maximum absolute atomic E-state index is 12.2. The molecule has 0 saturated carbocycles. The van der Waals surface area contributed by atoms with E-state index < -0.39 is 5.54 Å². The van der Waals surface area contributed by atoms with Crippen LogP contribution < -0.4 is 5.73 Å². The lowest BCUT2D eigenvalue weighted by atomic mass is 10.0. The Labute approximate surface area is 109 Å². The van der Waals surface area contributed by atoms with Crippen LogP contribution in [-0.2, 0) is 17.8 Å². The molecule has 3 nitrogen and oxygen atoms in total. The molecule has 0 unspecified atom stereocenters. The lowest BCUT2D eigenvalue weighted by Crippen LogP contribution is -2.41. The molecule has 98 valence electrons. The van der Waals surface area contributed by atoms with E-state index in [2.05, 4.69) is 18.2 Å². The van der Waals surface area contributed by atoms with Crippen molar-refractivity contribution in [3.05, 3.63) is 35.4 Å². The molecule has 2 rings (SSSR count). The van der Waals surface area contributed by atoms with Crippen molar-refractivity contribution in [3.63, 3.8) is 0 Å². The first-order valence-corrected chi connectivity index (χ1v) is 6.59. The number of amides is 1. The fourth-order valence-electron chi connectivity index (χ4n) is 2.42. The number of carbonyl (C=O) groups excluding carboxylic acids is 1. The second-order valence-electron chi connectivity index (χ2n) is 5.85. The molecule has 1 aliphatic rings. The Morgan fingerprint density at radius 3 is 2.67 bits per heavy atom. The average Bonchev–Trinajstić information content (AvgIpc) is 2.48. The third kappa shape index (κ3) is 3.33. The summed E-state index contributed by atoms with van der Waals surface area (Å²) in [5, 5.41) is 0. The highest BCUT2D eigenvalue weighted by Gasteiger charge is 2.23. The first-order valence-electron chi connectivity index (χ1n) is 6.59. The molecule has 18 heavy (non-hydrogen) atoms. The van der Waals surface area contributed by atoms with Crippen molar-refractivity contribution in [2.75, 3.05) is 6.54 Å². The van der Waals surface area contributed by atoms with E-state index in [1.807, 2.05) is 24.8 Å². The van der Waals surface area contributed by atoms with Gasteiger partial charge in [0.2, 0.25) is 5.91 Å². The van der Waals surface area contributed by atoms with Crippen LogP contribution in [0.4, 0.5) is 0 Å². The zero-order valence-electron chi connectivity index (χ0n) is 11.3. The van der Waals surface area contributed by atoms with Crippen LogP contribution in [-0.4, -0.2) is 22.9 Å². The Bertz CT molecular complexity index is 434. The summed E-state index contributed by atoms with van der Waals surface area (Å²) in [5.41, 5.74) is 8.15. The van der Waals surface area contributed by atoms with E-state index >= 15 is 0 Å². The summed E-state index contributed by atoms with van der Waals surface area (Å²) in [4.78, 5) is 14.2. The number of nitrogens with zero attached hydrogens (tertiary/aromatic N) is 1. The Morgan fingerprint density at radius 1 is 1.33 bits per heavy atom. The molecule has 0 atom stereocenters. The summed E-state index contributed by atoms with van der Waals surface area (Å²) in [6, 6.07) is 8.39. The van der Waals surface area contributed by atoms with Gasteiger partial charge in [-0.3, -0.25) is 4.79 Å². The topological polar surface area (TPSA) is 46.3 Å². The van der Waals surface area contributed by atoms with Crippen molar-refractivity contribution >= 4 is 5.91 Å². The Morgan fingerprint density at radius 2 is 2.00 bits per heavy atom. The molecule has 0 aliphatic carbocycles. The first kappa shape index (κ1) is 13.1. The molecule has 2 N–H and O–H groups in total. The highest BCUT2D eigenvalue weighted by atomic mass is 16.2. The van der Waals surface area contributed by atoms with Gasteiger partial charge in [-0.1, -0.05) is 24.3 Å². The predicted molar refractivity (Wildman–Crippen MR) is 73.1 cm³/mol. The van der Waals surface area contributed by atoms with Gasteiger partial charge < -0.3 is 10.6 Å². The van der Waals surface area contributed by atoms with Crippen molar-refractivity contribution in [1.82, 2.24) is 4.90 Å². The van der Waals surface area contributed by atoms with Crippen LogP contribution in [0.5, 0.6) is 0 Å². The first-order chi connectivity index (χ1) is 8.46. The summed E-state index contributed by atoms with van der Waals surface area (Å²) >= 11 is 0. The van der Waals surface area contributed by atoms with Crippen molar-refractivity contribution in [1.29, 1.82) is 0 Å². The maximum Gasteiger partial charge on any atom is 0.224 e. The van der Waals surface area contributed by atoms with Gasteiger partial charge in [0.25, 0.3) is 0 Å². The number of aryl methyl sites for hydroxylation is 1. The molecule has 0 spiro atoms. The van der Waals surface area contributed by atoms with E-state index in [1.165, 1.54) is 11.1 Å². The minimum Gasteiger partial charge on any atom is -0.338 e. The van der Waals surface area contributed by atoms with Gasteiger partial charge in [0.15, 0.2) is 0 Å². The third-order valence-corrected chi connectivity index (χ3v) is 3.31. The summed E-state index contributed by atoms with van der Waals surface area (Å²) in [6.07, 6.45) is 2.51. The monoisotopic (exact) mass is 246 g/mol. The summed E-state index contributed by atoms with van der Waals surface area (Å²) in [7, 11) is 0. The van der Waals surface area contributed by atoms with E-state index in [-0.39, 0.29) is 5.91 Å². The average molecular weight is 246 g/mol. The molecular formula is C15H22N2O. The molecular weight excluding hydrogens is 224 g/mol. The lowest BCUT2D eigenvalue weighted by Gasteiger charge is -2.25. The second-order valence-corrected chi connectivity index (χ2v) is 5.85. The SMILES string of the molecule is CC(C)(N)CC(=O)N1CCCc2ccccc2C1. The molecule has 1 aromatic carbocycles. The van der Waals surface area contributed by atoms with Gasteiger partial charge in [-0.2, -0.15) is 0 Å². The number of nitrogens with two attached hydrogens (primary N) is 1. The van der Waals surface area contributed by atoms with Gasteiger partial charge in [-0.15, -0.1) is 0 Å². The predicted octanol–water partition coefficient (Wildman–Crippen LogP) is 2.09. The van der Waals surface area contributed by atoms with E-state index in [1.54, 1.807) is 0 Å². The van der Waals surface area contributed by atoms with E-state index in [4.69, 9.17) is 5.73 Å². The zero-order valence-corrected chi connectivity index (χ0v) is 11.3. The van der Waals surface area contributed by atoms with Gasteiger partial charge in [-0.05, 0) is 37.8 Å². The van der Waals surface area contributed by atoms with Crippen LogP contribution in [0, 0.1) is 0 Å². The molecule has 1 heterocycles. The molecule has 0 radical (unpaired) electrons. The fourth-order valence-corrected chi connectivity index (χ4v) is 2.42. The van der Waals surface area contributed by atoms with Crippen LogP contribution in [0.2, 0.25) is 0 Å². The fraction of sp³-hybridized carbons (Fsp3) is 0.533. The molecule has 0 saturated heterocycles. The van der Waals surface area contributed by atoms with Crippen molar-refractivity contribution in [2.24, 2.45) is 5.73 Å². The van der Waals surface area contributed by atoms with Crippen molar-refractivity contribution in [3.8, 4) is 0 Å². The minimum absolute atomic E-state index is 0.166. The molecule has 1 aromatic rings. The highest BCUT2D eigenvalue weighted by molar-refractivity contribution is 5.77. The van der Waals surface area contributed by atoms with Crippen LogP contribution >= 0.6 is 0 Å². The molecule has 0 fully saturated rings. The Kier molecular flexibility index (Phi) is 3.71. The lowest BCUT2D eigenvalue weighted by molar-refractivity contribution is -0.132. The van der Waals surface area contributed by atoms with Crippen LogP contribution in [0.25, 0.3) is 0 Å². The van der Waals surface area contributed by atoms with Crippen LogP contribution in [0.3, 0.4) is 0 Å². The normalized spacial score (nSPS) is 16.1. The number of benzene rings is 1. The number of fused-ring (bicyclic) bond motifs is 1. The van der Waals surface area contributed by atoms with E-state index in [9.17, 15) is 4.79 Å². The summed E-state index contributed by atoms with van der Waals surface area (Å²) < 4.78 is 0. The molecule has 1 aliphatic heterocycles. The Balaban J connectivity index is 2.10. The van der Waals surface area contributed by atoms with Crippen LogP contribution in [0.1, 0.15) is 37.8 Å². The maximum atomic E-state index is 12.2. The van der Waals surface area contributed by atoms with Crippen LogP contribution in [0.15, 0.2) is 24.3 Å². The van der Waals surface area contributed by atoms with Gasteiger partial charge >= 0.3 is 0 Å². The van der Waals surface area contributed by atoms with Gasteiger partial charge in [0.1, 0.15) is 0 Å². The molecule has 0 aromatic heterocycles. The van der Waals surface area contributed by atoms with E-state index in [0.717, 1.165) is 25.9 Å². The number of hydrogen-bond donors (Lipinski definition) is 1. The quantitative estimate of drug-likeness (QED) is 0.868. The summed E-state index contributed by atoms with van der Waals surface area (Å²) in [5.74, 6) is 0.166. The summed E-state index contributed by atoms with van der Waals surface area (Å²) in [6.45, 7) is 5.36. The van der Waals surface area contributed by atoms with Gasteiger partial charge in [0.05, 0.1) is 0 Å². The highest BCUT2D eigenvalue weighted by Crippen LogP contribution is 2.20. The molecule has 3 heteroatoms. The zero-order chi connectivity index (χ0) is 13.2. The van der Waals surface area contributed by atoms with Crippen molar-refractivity contribution < 1.29 is 4.79 Å². The molecule has 0 bridgehead atoms. The second kappa shape index (κ2) is 5.11. The third-order valence-electron chi connectivity index (χ3n) is 3.31. The number of hydrogen-bond acceptors (Lipinski definition) is 2. The largest absolute Gasteiger partial charge is 0.338 e. The van der Waals surface area contributed by atoms with Gasteiger partial charge in [0, 0.05) is 25.0 Å². The standard InChI is InChI=1S/C15H22N2O/c1-15(2,16)10-14(18)17-9-5-8-12-6-3-4-7-13(12)11-17/h3-4,6-7H,5,8-11,16H2,1-2H3. The molecule has 1 amide bonds. The Hall–Kier alpha value is -1.35. The van der Waals surface area contributed by atoms with Gasteiger partial charge in [-0.25, -0.2) is 0 Å². The minimum atomic E-state index is -0.428. The smallest absolute Gasteiger partial charge is 0.224 e. The van der Waals surface area contributed by atoms with E-state index in [0.29, 0.717) is 6.42 Å².